The van der Waals surface area contributed by atoms with E-state index in [0.29, 0.717) is 22.8 Å². The van der Waals surface area contributed by atoms with Gasteiger partial charge in [-0.25, -0.2) is 13.2 Å². The molecule has 0 saturated heterocycles. The van der Waals surface area contributed by atoms with E-state index < -0.39 is 40.9 Å². The average Bonchev–Trinajstić information content (AvgIpc) is 2.93. The van der Waals surface area contributed by atoms with Crippen molar-refractivity contribution in [3.63, 3.8) is 0 Å². The number of benzene rings is 3. The van der Waals surface area contributed by atoms with Gasteiger partial charge in [0.2, 0.25) is 5.91 Å². The average molecular weight is 473 g/mol. The standard InChI is InChI=1S/C25H20ClF3N2O2/c1-25(2)19-7-6-15(23(32)30-12-18-20(28)10-17(27)11-21(18)29)9-22(19)31(24(25)33)13-14-4-3-5-16(26)8-14/h3-11H,12-13H2,1-2H3,(H,30,32). The van der Waals surface area contributed by atoms with Crippen LogP contribution in [-0.4, -0.2) is 11.8 Å². The van der Waals surface area contributed by atoms with E-state index in [2.05, 4.69) is 5.32 Å². The van der Waals surface area contributed by atoms with Crippen LogP contribution in [0, 0.1) is 17.5 Å². The van der Waals surface area contributed by atoms with E-state index in [4.69, 9.17) is 11.6 Å². The number of amides is 2. The Morgan fingerprint density at radius 3 is 2.39 bits per heavy atom. The molecule has 8 heteroatoms. The first-order chi connectivity index (χ1) is 15.6. The molecule has 1 heterocycles. The zero-order valence-electron chi connectivity index (χ0n) is 17.9. The molecule has 2 amide bonds. The molecule has 1 aliphatic heterocycles. The molecule has 3 aromatic rings. The SMILES string of the molecule is CC1(C)C(=O)N(Cc2cccc(Cl)c2)c2cc(C(=O)NCc3c(F)cc(F)cc3F)ccc21. The molecule has 0 unspecified atom stereocenters. The molecule has 0 aliphatic carbocycles. The first-order valence-corrected chi connectivity index (χ1v) is 10.6. The second kappa shape index (κ2) is 8.56. The maximum atomic E-state index is 13.9. The third kappa shape index (κ3) is 4.33. The molecule has 0 radical (unpaired) electrons. The molecule has 0 aromatic heterocycles. The summed E-state index contributed by atoms with van der Waals surface area (Å²) in [4.78, 5) is 27.4. The molecule has 0 bridgehead atoms. The predicted octanol–water partition coefficient (Wildman–Crippen LogP) is 5.51. The van der Waals surface area contributed by atoms with E-state index in [1.54, 1.807) is 41.3 Å². The molecule has 1 N–H and O–H groups in total. The van der Waals surface area contributed by atoms with Crippen molar-refractivity contribution in [2.75, 3.05) is 4.90 Å². The third-order valence-electron chi connectivity index (χ3n) is 5.77. The Kier molecular flexibility index (Phi) is 5.93. The molecule has 3 aromatic carbocycles. The van der Waals surface area contributed by atoms with Gasteiger partial charge in [-0.15, -0.1) is 0 Å². The lowest BCUT2D eigenvalue weighted by Crippen LogP contribution is -2.35. The number of hydrogen-bond donors (Lipinski definition) is 1. The van der Waals surface area contributed by atoms with Crippen molar-refractivity contribution in [3.8, 4) is 0 Å². The van der Waals surface area contributed by atoms with E-state index >= 15 is 0 Å². The van der Waals surface area contributed by atoms with E-state index in [9.17, 15) is 22.8 Å². The Morgan fingerprint density at radius 2 is 1.73 bits per heavy atom. The third-order valence-corrected chi connectivity index (χ3v) is 6.00. The number of hydrogen-bond acceptors (Lipinski definition) is 2. The number of carbonyl (C=O) groups is 2. The van der Waals surface area contributed by atoms with Gasteiger partial charge in [0.15, 0.2) is 0 Å². The van der Waals surface area contributed by atoms with Gasteiger partial charge < -0.3 is 10.2 Å². The molecule has 0 atom stereocenters. The van der Waals surface area contributed by atoms with E-state index in [1.165, 1.54) is 0 Å². The van der Waals surface area contributed by atoms with Gasteiger partial charge in [0.1, 0.15) is 17.5 Å². The van der Waals surface area contributed by atoms with Crippen LogP contribution in [-0.2, 0) is 23.3 Å². The van der Waals surface area contributed by atoms with E-state index in [-0.39, 0.29) is 18.0 Å². The summed E-state index contributed by atoms with van der Waals surface area (Å²) < 4.78 is 40.9. The van der Waals surface area contributed by atoms with Gasteiger partial charge in [0.05, 0.1) is 12.0 Å². The quantitative estimate of drug-likeness (QED) is 0.532. The second-order valence-electron chi connectivity index (χ2n) is 8.41. The van der Waals surface area contributed by atoms with Gasteiger partial charge in [-0.1, -0.05) is 29.8 Å². The number of nitrogens with one attached hydrogen (secondary N) is 1. The minimum atomic E-state index is -1.08. The summed E-state index contributed by atoms with van der Waals surface area (Å²) in [7, 11) is 0. The summed E-state index contributed by atoms with van der Waals surface area (Å²) in [6.45, 7) is 3.44. The fourth-order valence-electron chi connectivity index (χ4n) is 3.97. The molecule has 4 nitrogen and oxygen atoms in total. The Balaban J connectivity index is 1.60. The van der Waals surface area contributed by atoms with Crippen molar-refractivity contribution >= 4 is 29.1 Å². The number of nitrogens with zero attached hydrogens (tertiary/aromatic N) is 1. The van der Waals surface area contributed by atoms with E-state index in [1.807, 2.05) is 19.9 Å². The van der Waals surface area contributed by atoms with Gasteiger partial charge in [-0.3, -0.25) is 9.59 Å². The highest BCUT2D eigenvalue weighted by molar-refractivity contribution is 6.30. The fraction of sp³-hybridized carbons (Fsp3) is 0.200. The van der Waals surface area contributed by atoms with Crippen LogP contribution in [0.25, 0.3) is 0 Å². The van der Waals surface area contributed by atoms with Crippen molar-refractivity contribution < 1.29 is 22.8 Å². The summed E-state index contributed by atoms with van der Waals surface area (Å²) in [6, 6.07) is 13.1. The highest BCUT2D eigenvalue weighted by Crippen LogP contribution is 2.42. The second-order valence-corrected chi connectivity index (χ2v) is 8.85. The number of halogens is 4. The van der Waals surface area contributed by atoms with Crippen LogP contribution in [0.4, 0.5) is 18.9 Å². The van der Waals surface area contributed by atoms with Crippen molar-refractivity contribution in [2.45, 2.75) is 32.4 Å². The largest absolute Gasteiger partial charge is 0.348 e. The lowest BCUT2D eigenvalue weighted by Gasteiger charge is -2.20. The van der Waals surface area contributed by atoms with E-state index in [0.717, 1.165) is 11.1 Å². The van der Waals surface area contributed by atoms with Crippen LogP contribution in [0.2, 0.25) is 5.02 Å². The summed E-state index contributed by atoms with van der Waals surface area (Å²) in [6.07, 6.45) is 0. The van der Waals surface area contributed by atoms with Crippen LogP contribution in [0.1, 0.15) is 40.9 Å². The molecule has 0 fully saturated rings. The maximum Gasteiger partial charge on any atom is 0.251 e. The van der Waals surface area contributed by atoms with Crippen LogP contribution < -0.4 is 10.2 Å². The molecular weight excluding hydrogens is 453 g/mol. The van der Waals surface area contributed by atoms with Crippen molar-refractivity contribution in [1.29, 1.82) is 0 Å². The topological polar surface area (TPSA) is 49.4 Å². The lowest BCUT2D eigenvalue weighted by atomic mass is 9.86. The minimum absolute atomic E-state index is 0.120. The van der Waals surface area contributed by atoms with Gasteiger partial charge in [-0.05, 0) is 49.2 Å². The first-order valence-electron chi connectivity index (χ1n) is 10.2. The van der Waals surface area contributed by atoms with Crippen molar-refractivity contribution in [3.05, 3.63) is 99.3 Å². The number of fused-ring (bicyclic) bond motifs is 1. The molecular formula is C25H20ClF3N2O2. The molecule has 170 valence electrons. The summed E-state index contributed by atoms with van der Waals surface area (Å²) in [5.74, 6) is -3.90. The van der Waals surface area contributed by atoms with Gasteiger partial charge in [0.25, 0.3) is 5.91 Å². The van der Waals surface area contributed by atoms with Gasteiger partial charge >= 0.3 is 0 Å². The summed E-state index contributed by atoms with van der Waals surface area (Å²) in [5.41, 5.74) is 1.17. The Labute approximate surface area is 194 Å². The molecule has 0 saturated carbocycles. The van der Waals surface area contributed by atoms with Crippen molar-refractivity contribution in [1.82, 2.24) is 5.32 Å². The normalized spacial score (nSPS) is 14.4. The zero-order valence-corrected chi connectivity index (χ0v) is 18.6. The number of carbonyl (C=O) groups excluding carboxylic acids is 2. The zero-order chi connectivity index (χ0) is 23.9. The van der Waals surface area contributed by atoms with Crippen molar-refractivity contribution in [2.24, 2.45) is 0 Å². The van der Waals surface area contributed by atoms with Gasteiger partial charge in [-0.2, -0.15) is 0 Å². The maximum absolute atomic E-state index is 13.9. The first kappa shape index (κ1) is 22.9. The lowest BCUT2D eigenvalue weighted by molar-refractivity contribution is -0.122. The Bertz CT molecular complexity index is 1250. The van der Waals surface area contributed by atoms with Crippen LogP contribution >= 0.6 is 11.6 Å². The smallest absolute Gasteiger partial charge is 0.251 e. The fourth-order valence-corrected chi connectivity index (χ4v) is 4.19. The number of anilines is 1. The highest BCUT2D eigenvalue weighted by Gasteiger charge is 2.44. The highest BCUT2D eigenvalue weighted by atomic mass is 35.5. The minimum Gasteiger partial charge on any atom is -0.348 e. The van der Waals surface area contributed by atoms with Crippen LogP contribution in [0.3, 0.4) is 0 Å². The molecule has 4 rings (SSSR count). The Hall–Kier alpha value is -3.32. The number of rotatable bonds is 5. The van der Waals surface area contributed by atoms with Crippen LogP contribution in [0.5, 0.6) is 0 Å². The monoisotopic (exact) mass is 472 g/mol. The van der Waals surface area contributed by atoms with Crippen LogP contribution in [0.15, 0.2) is 54.6 Å². The predicted molar refractivity (Wildman–Crippen MR) is 120 cm³/mol. The molecule has 1 aliphatic rings. The summed E-state index contributed by atoms with van der Waals surface area (Å²) in [5, 5.41) is 3.00. The Morgan fingerprint density at radius 1 is 1.03 bits per heavy atom. The molecule has 33 heavy (non-hydrogen) atoms. The van der Waals surface area contributed by atoms with Gasteiger partial charge in [0, 0.05) is 40.5 Å². The summed E-state index contributed by atoms with van der Waals surface area (Å²) >= 11 is 6.08. The molecule has 0 spiro atoms.